The van der Waals surface area contributed by atoms with E-state index >= 15 is 0 Å². The molecule has 2 atom stereocenters. The van der Waals surface area contributed by atoms with Gasteiger partial charge in [0, 0.05) is 6.61 Å². The van der Waals surface area contributed by atoms with E-state index in [1.165, 1.54) is 0 Å². The van der Waals surface area contributed by atoms with Gasteiger partial charge in [-0.05, 0) is 19.8 Å². The van der Waals surface area contributed by atoms with E-state index in [9.17, 15) is 0 Å². The fourth-order valence-electron chi connectivity index (χ4n) is 1.23. The van der Waals surface area contributed by atoms with E-state index in [0.717, 1.165) is 19.4 Å². The fraction of sp³-hybridized carbons (Fsp3) is 0.889. The molecule has 0 aromatic heterocycles. The molecule has 0 bridgehead atoms. The maximum atomic E-state index is 8.37. The Balaban J connectivity index is 2.04. The van der Waals surface area contributed by atoms with Crippen LogP contribution in [-0.2, 0) is 9.47 Å². The van der Waals surface area contributed by atoms with Crippen LogP contribution >= 0.6 is 0 Å². The minimum absolute atomic E-state index is 0.0409. The van der Waals surface area contributed by atoms with Gasteiger partial charge in [-0.15, -0.1) is 0 Å². The molecule has 1 aliphatic rings. The van der Waals surface area contributed by atoms with E-state index in [4.69, 9.17) is 14.7 Å². The minimum atomic E-state index is 0.0409. The lowest BCUT2D eigenvalue weighted by Crippen LogP contribution is -2.18. The van der Waals surface area contributed by atoms with Gasteiger partial charge in [0.05, 0.1) is 31.3 Å². The van der Waals surface area contributed by atoms with Gasteiger partial charge < -0.3 is 9.47 Å². The van der Waals surface area contributed by atoms with Crippen molar-refractivity contribution in [2.24, 2.45) is 0 Å². The normalized spacial score (nSPS) is 25.2. The quantitative estimate of drug-likeness (QED) is 0.640. The largest absolute Gasteiger partial charge is 0.376 e. The Morgan fingerprint density at radius 2 is 2.58 bits per heavy atom. The van der Waals surface area contributed by atoms with Crippen molar-refractivity contribution in [3.63, 3.8) is 0 Å². The molecule has 0 saturated carbocycles. The summed E-state index contributed by atoms with van der Waals surface area (Å²) in [5.41, 5.74) is 0. The zero-order valence-electron chi connectivity index (χ0n) is 7.45. The van der Waals surface area contributed by atoms with Gasteiger partial charge in [-0.25, -0.2) is 0 Å². The topological polar surface area (TPSA) is 42.2 Å². The van der Waals surface area contributed by atoms with Crippen molar-refractivity contribution in [3.8, 4) is 6.07 Å². The van der Waals surface area contributed by atoms with Gasteiger partial charge in [0.15, 0.2) is 0 Å². The highest BCUT2D eigenvalue weighted by molar-refractivity contribution is 4.74. The van der Waals surface area contributed by atoms with Gasteiger partial charge in [-0.1, -0.05) is 0 Å². The van der Waals surface area contributed by atoms with Crippen LogP contribution in [0, 0.1) is 11.3 Å². The van der Waals surface area contributed by atoms with E-state index in [1.54, 1.807) is 0 Å². The number of nitrogens with zero attached hydrogens (tertiary/aromatic N) is 1. The van der Waals surface area contributed by atoms with Crippen LogP contribution in [0.5, 0.6) is 0 Å². The maximum Gasteiger partial charge on any atom is 0.0809 e. The molecule has 0 radical (unpaired) electrons. The first-order chi connectivity index (χ1) is 5.83. The summed E-state index contributed by atoms with van der Waals surface area (Å²) < 4.78 is 10.8. The van der Waals surface area contributed by atoms with Gasteiger partial charge in [0.1, 0.15) is 0 Å². The molecule has 3 heteroatoms. The zero-order chi connectivity index (χ0) is 8.81. The van der Waals surface area contributed by atoms with Crippen LogP contribution < -0.4 is 0 Å². The lowest BCUT2D eigenvalue weighted by atomic mass is 10.2. The Bertz CT molecular complexity index is 158. The van der Waals surface area contributed by atoms with Crippen LogP contribution in [0.3, 0.4) is 0 Å². The van der Waals surface area contributed by atoms with Gasteiger partial charge in [-0.2, -0.15) is 5.26 Å². The molecule has 0 spiro atoms. The zero-order valence-corrected chi connectivity index (χ0v) is 7.45. The molecule has 0 amide bonds. The summed E-state index contributed by atoms with van der Waals surface area (Å²) in [6.07, 6.45) is 3.01. The molecule has 1 fully saturated rings. The van der Waals surface area contributed by atoms with Crippen LogP contribution in [0.25, 0.3) is 0 Å². The Morgan fingerprint density at radius 1 is 1.75 bits per heavy atom. The first-order valence-electron chi connectivity index (χ1n) is 4.43. The summed E-state index contributed by atoms with van der Waals surface area (Å²) in [6.45, 7) is 3.42. The molecule has 0 aromatic carbocycles. The van der Waals surface area contributed by atoms with Crippen molar-refractivity contribution >= 4 is 0 Å². The van der Waals surface area contributed by atoms with Crippen LogP contribution in [0.2, 0.25) is 0 Å². The van der Waals surface area contributed by atoms with E-state index < -0.39 is 0 Å². The summed E-state index contributed by atoms with van der Waals surface area (Å²) >= 11 is 0. The predicted octanol–water partition coefficient (Wildman–Crippen LogP) is 1.48. The molecule has 1 rings (SSSR count). The average Bonchev–Trinajstić information content (AvgIpc) is 2.53. The fourth-order valence-corrected chi connectivity index (χ4v) is 1.23. The SMILES string of the molecule is CC(CC#N)OCC1CCCO1. The third-order valence-electron chi connectivity index (χ3n) is 1.97. The van der Waals surface area contributed by atoms with Crippen molar-refractivity contribution in [2.75, 3.05) is 13.2 Å². The molecule has 0 N–H and O–H groups in total. The number of rotatable bonds is 4. The molecule has 1 saturated heterocycles. The van der Waals surface area contributed by atoms with Crippen molar-refractivity contribution in [1.82, 2.24) is 0 Å². The molecule has 12 heavy (non-hydrogen) atoms. The second kappa shape index (κ2) is 5.13. The van der Waals surface area contributed by atoms with E-state index in [2.05, 4.69) is 6.07 Å². The Labute approximate surface area is 73.3 Å². The molecule has 1 aliphatic heterocycles. The van der Waals surface area contributed by atoms with Crippen LogP contribution in [0.1, 0.15) is 26.2 Å². The lowest BCUT2D eigenvalue weighted by Gasteiger charge is -2.13. The lowest BCUT2D eigenvalue weighted by molar-refractivity contribution is -0.0121. The molecular weight excluding hydrogens is 154 g/mol. The average molecular weight is 169 g/mol. The first kappa shape index (κ1) is 9.50. The highest BCUT2D eigenvalue weighted by Gasteiger charge is 2.16. The number of hydrogen-bond acceptors (Lipinski definition) is 3. The second-order valence-corrected chi connectivity index (χ2v) is 3.14. The van der Waals surface area contributed by atoms with Crippen molar-refractivity contribution in [2.45, 2.75) is 38.4 Å². The van der Waals surface area contributed by atoms with E-state index in [-0.39, 0.29) is 12.2 Å². The molecule has 3 nitrogen and oxygen atoms in total. The highest BCUT2D eigenvalue weighted by atomic mass is 16.5. The molecule has 0 aromatic rings. The Morgan fingerprint density at radius 3 is 3.17 bits per heavy atom. The molecule has 2 unspecified atom stereocenters. The van der Waals surface area contributed by atoms with Gasteiger partial charge >= 0.3 is 0 Å². The third-order valence-corrected chi connectivity index (χ3v) is 1.97. The summed E-state index contributed by atoms with van der Waals surface area (Å²) in [7, 11) is 0. The summed E-state index contributed by atoms with van der Waals surface area (Å²) in [4.78, 5) is 0. The monoisotopic (exact) mass is 169 g/mol. The van der Waals surface area contributed by atoms with E-state index in [1.807, 2.05) is 6.92 Å². The predicted molar refractivity (Wildman–Crippen MR) is 44.6 cm³/mol. The first-order valence-corrected chi connectivity index (χ1v) is 4.43. The summed E-state index contributed by atoms with van der Waals surface area (Å²) in [5, 5.41) is 8.37. The third kappa shape index (κ3) is 3.21. The Kier molecular flexibility index (Phi) is 4.06. The van der Waals surface area contributed by atoms with E-state index in [0.29, 0.717) is 13.0 Å². The second-order valence-electron chi connectivity index (χ2n) is 3.14. The Hall–Kier alpha value is -0.590. The number of hydrogen-bond donors (Lipinski definition) is 0. The number of nitriles is 1. The van der Waals surface area contributed by atoms with Crippen molar-refractivity contribution < 1.29 is 9.47 Å². The van der Waals surface area contributed by atoms with Gasteiger partial charge in [-0.3, -0.25) is 0 Å². The highest BCUT2D eigenvalue weighted by Crippen LogP contribution is 2.12. The van der Waals surface area contributed by atoms with Crippen molar-refractivity contribution in [1.29, 1.82) is 5.26 Å². The van der Waals surface area contributed by atoms with Crippen LogP contribution in [0.15, 0.2) is 0 Å². The summed E-state index contributed by atoms with van der Waals surface area (Å²) in [5.74, 6) is 0. The van der Waals surface area contributed by atoms with Crippen LogP contribution in [0.4, 0.5) is 0 Å². The maximum absolute atomic E-state index is 8.37. The molecule has 1 heterocycles. The van der Waals surface area contributed by atoms with Crippen LogP contribution in [-0.4, -0.2) is 25.4 Å². The standard InChI is InChI=1S/C9H15NO2/c1-8(4-5-10)12-7-9-3-2-6-11-9/h8-9H,2-4,6-7H2,1H3. The molecule has 0 aliphatic carbocycles. The molecular formula is C9H15NO2. The molecule has 68 valence electrons. The van der Waals surface area contributed by atoms with Gasteiger partial charge in [0.2, 0.25) is 0 Å². The van der Waals surface area contributed by atoms with Crippen molar-refractivity contribution in [3.05, 3.63) is 0 Å². The summed E-state index contributed by atoms with van der Waals surface area (Å²) in [6, 6.07) is 2.08. The smallest absolute Gasteiger partial charge is 0.0809 e. The minimum Gasteiger partial charge on any atom is -0.376 e. The van der Waals surface area contributed by atoms with Gasteiger partial charge in [0.25, 0.3) is 0 Å². The number of ether oxygens (including phenoxy) is 2.